The number of nitrogens with zero attached hydrogens (tertiary/aromatic N) is 2. The summed E-state index contributed by atoms with van der Waals surface area (Å²) in [6.45, 7) is 5.57. The number of piperidine rings is 1. The Bertz CT molecular complexity index is 345. The van der Waals surface area contributed by atoms with Crippen LogP contribution >= 0.6 is 0 Å². The van der Waals surface area contributed by atoms with Crippen LogP contribution in [0.2, 0.25) is 0 Å². The molecule has 4 heteroatoms. The lowest BCUT2D eigenvalue weighted by molar-refractivity contribution is -0.131. The molecule has 108 valence electrons. The maximum Gasteiger partial charge on any atom is 0.244 e. The van der Waals surface area contributed by atoms with E-state index in [4.69, 9.17) is 0 Å². The Balaban J connectivity index is 1.52. The molecule has 1 unspecified atom stereocenters. The number of carbonyl (C=O) groups is 1. The van der Waals surface area contributed by atoms with Crippen LogP contribution in [0.15, 0.2) is 0 Å². The van der Waals surface area contributed by atoms with Crippen molar-refractivity contribution in [1.82, 2.24) is 15.1 Å². The fourth-order valence-corrected chi connectivity index (χ4v) is 3.61. The van der Waals surface area contributed by atoms with E-state index in [1.165, 1.54) is 32.4 Å². The number of nitrogens with one attached hydrogen (secondary N) is 1. The summed E-state index contributed by atoms with van der Waals surface area (Å²) in [5.41, 5.74) is -0.131. The molecule has 1 N–H and O–H groups in total. The average Bonchev–Trinajstić information content (AvgIpc) is 3.14. The summed E-state index contributed by atoms with van der Waals surface area (Å²) in [6, 6.07) is 0. The van der Waals surface area contributed by atoms with E-state index in [-0.39, 0.29) is 5.54 Å². The minimum absolute atomic E-state index is 0.131. The summed E-state index contributed by atoms with van der Waals surface area (Å²) in [5.74, 6) is 1.20. The maximum absolute atomic E-state index is 12.4. The quantitative estimate of drug-likeness (QED) is 0.835. The highest BCUT2D eigenvalue weighted by Gasteiger charge is 2.58. The monoisotopic (exact) mass is 265 g/mol. The van der Waals surface area contributed by atoms with Crippen LogP contribution in [0.3, 0.4) is 0 Å². The van der Waals surface area contributed by atoms with Crippen LogP contribution in [0.4, 0.5) is 0 Å². The Morgan fingerprint density at radius 2 is 2.00 bits per heavy atom. The average molecular weight is 265 g/mol. The van der Waals surface area contributed by atoms with Gasteiger partial charge in [-0.15, -0.1) is 0 Å². The number of rotatable bonds is 4. The van der Waals surface area contributed by atoms with Crippen molar-refractivity contribution in [3.05, 3.63) is 0 Å². The maximum atomic E-state index is 12.4. The molecule has 2 heterocycles. The van der Waals surface area contributed by atoms with Gasteiger partial charge in [-0.1, -0.05) is 6.92 Å². The lowest BCUT2D eigenvalue weighted by Gasteiger charge is -2.31. The van der Waals surface area contributed by atoms with Crippen molar-refractivity contribution in [1.29, 1.82) is 0 Å². The molecule has 3 rings (SSSR count). The van der Waals surface area contributed by atoms with Gasteiger partial charge in [-0.05, 0) is 64.6 Å². The van der Waals surface area contributed by atoms with Crippen LogP contribution in [0.5, 0.6) is 0 Å². The van der Waals surface area contributed by atoms with Crippen LogP contribution in [0, 0.1) is 5.92 Å². The molecule has 1 amide bonds. The normalized spacial score (nSPS) is 31.4. The molecule has 0 aromatic carbocycles. The van der Waals surface area contributed by atoms with Gasteiger partial charge in [-0.25, -0.2) is 0 Å². The molecule has 2 aliphatic heterocycles. The zero-order valence-corrected chi connectivity index (χ0v) is 12.3. The molecule has 3 aliphatic rings. The van der Waals surface area contributed by atoms with E-state index in [0.29, 0.717) is 12.1 Å². The van der Waals surface area contributed by atoms with Gasteiger partial charge in [0.2, 0.25) is 5.91 Å². The van der Waals surface area contributed by atoms with Gasteiger partial charge in [0.1, 0.15) is 0 Å². The van der Waals surface area contributed by atoms with Gasteiger partial charge in [0, 0.05) is 6.54 Å². The third kappa shape index (κ3) is 2.52. The number of carbonyl (C=O) groups excluding carboxylic acids is 1. The number of hydrogen-bond acceptors (Lipinski definition) is 3. The van der Waals surface area contributed by atoms with E-state index < -0.39 is 0 Å². The Hall–Kier alpha value is -0.610. The van der Waals surface area contributed by atoms with Crippen molar-refractivity contribution in [2.45, 2.75) is 57.2 Å². The third-order valence-electron chi connectivity index (χ3n) is 5.24. The Labute approximate surface area is 116 Å². The molecule has 1 saturated carbocycles. The topological polar surface area (TPSA) is 35.6 Å². The van der Waals surface area contributed by atoms with E-state index in [1.807, 2.05) is 0 Å². The first-order chi connectivity index (χ1) is 9.14. The van der Waals surface area contributed by atoms with Gasteiger partial charge in [0.25, 0.3) is 0 Å². The molecule has 1 spiro atoms. The summed E-state index contributed by atoms with van der Waals surface area (Å²) in [4.78, 5) is 17.0. The molecule has 1 atom stereocenters. The van der Waals surface area contributed by atoms with Crippen LogP contribution < -0.4 is 5.32 Å². The predicted octanol–water partition coefficient (Wildman–Crippen LogP) is 1.42. The fourth-order valence-electron chi connectivity index (χ4n) is 3.61. The van der Waals surface area contributed by atoms with Gasteiger partial charge in [-0.3, -0.25) is 10.1 Å². The number of amides is 1. The van der Waals surface area contributed by atoms with E-state index >= 15 is 0 Å². The first kappa shape index (κ1) is 13.4. The Morgan fingerprint density at radius 1 is 1.32 bits per heavy atom. The zero-order valence-electron chi connectivity index (χ0n) is 12.3. The van der Waals surface area contributed by atoms with Gasteiger partial charge < -0.3 is 9.80 Å². The number of hydrogen-bond donors (Lipinski definition) is 1. The highest BCUT2D eigenvalue weighted by atomic mass is 16.2. The fraction of sp³-hybridized carbons (Fsp3) is 0.933. The van der Waals surface area contributed by atoms with Crippen molar-refractivity contribution in [3.63, 3.8) is 0 Å². The summed E-state index contributed by atoms with van der Waals surface area (Å²) < 4.78 is 0. The summed E-state index contributed by atoms with van der Waals surface area (Å²) in [5, 5.41) is 3.55. The molecule has 0 aromatic heterocycles. The molecule has 0 bridgehead atoms. The highest BCUT2D eigenvalue weighted by Crippen LogP contribution is 2.42. The summed E-state index contributed by atoms with van der Waals surface area (Å²) in [7, 11) is 2.20. The standard InChI is InChI=1S/C15H27N3O/c1-3-13-16-15(7-8-15)14(19)18(13)11-6-12-4-9-17(2)10-5-12/h12-13,16H,3-11H2,1-2H3. The molecule has 0 aromatic rings. The zero-order chi connectivity index (χ0) is 13.5. The Kier molecular flexibility index (Phi) is 3.56. The van der Waals surface area contributed by atoms with Crippen LogP contribution in [-0.2, 0) is 4.79 Å². The Morgan fingerprint density at radius 3 is 2.58 bits per heavy atom. The van der Waals surface area contributed by atoms with Crippen LogP contribution in [0.25, 0.3) is 0 Å². The van der Waals surface area contributed by atoms with Crippen LogP contribution in [0.1, 0.15) is 45.4 Å². The summed E-state index contributed by atoms with van der Waals surface area (Å²) >= 11 is 0. The number of likely N-dealkylation sites (tertiary alicyclic amines) is 1. The van der Waals surface area contributed by atoms with Gasteiger partial charge >= 0.3 is 0 Å². The van der Waals surface area contributed by atoms with Gasteiger partial charge in [-0.2, -0.15) is 0 Å². The molecular weight excluding hydrogens is 238 g/mol. The molecular formula is C15H27N3O. The SMILES string of the molecule is CCC1NC2(CC2)C(=O)N1CCC1CCN(C)CC1. The highest BCUT2D eigenvalue weighted by molar-refractivity contribution is 5.91. The molecule has 19 heavy (non-hydrogen) atoms. The molecule has 3 fully saturated rings. The first-order valence-corrected chi connectivity index (χ1v) is 7.92. The molecule has 2 saturated heterocycles. The second kappa shape index (κ2) is 5.06. The van der Waals surface area contributed by atoms with Gasteiger partial charge in [0.05, 0.1) is 11.7 Å². The lowest BCUT2D eigenvalue weighted by Crippen LogP contribution is -2.39. The van der Waals surface area contributed by atoms with Crippen molar-refractivity contribution >= 4 is 5.91 Å². The van der Waals surface area contributed by atoms with E-state index in [1.54, 1.807) is 0 Å². The predicted molar refractivity (Wildman–Crippen MR) is 75.7 cm³/mol. The minimum Gasteiger partial charge on any atom is -0.326 e. The largest absolute Gasteiger partial charge is 0.326 e. The summed E-state index contributed by atoms with van der Waals surface area (Å²) in [6.07, 6.45) is 7.21. The van der Waals surface area contributed by atoms with Crippen LogP contribution in [-0.4, -0.2) is 54.1 Å². The van der Waals surface area contributed by atoms with Crippen molar-refractivity contribution in [2.24, 2.45) is 5.92 Å². The van der Waals surface area contributed by atoms with Crippen molar-refractivity contribution in [3.8, 4) is 0 Å². The minimum atomic E-state index is -0.131. The second-order valence-electron chi connectivity index (χ2n) is 6.68. The molecule has 4 nitrogen and oxygen atoms in total. The van der Waals surface area contributed by atoms with Crippen molar-refractivity contribution in [2.75, 3.05) is 26.7 Å². The molecule has 0 radical (unpaired) electrons. The third-order valence-corrected chi connectivity index (χ3v) is 5.24. The first-order valence-electron chi connectivity index (χ1n) is 7.92. The molecule has 1 aliphatic carbocycles. The van der Waals surface area contributed by atoms with Crippen molar-refractivity contribution < 1.29 is 4.79 Å². The van der Waals surface area contributed by atoms with E-state index in [2.05, 4.69) is 29.1 Å². The van der Waals surface area contributed by atoms with Gasteiger partial charge in [0.15, 0.2) is 0 Å². The second-order valence-corrected chi connectivity index (χ2v) is 6.68. The van der Waals surface area contributed by atoms with E-state index in [9.17, 15) is 4.79 Å². The lowest BCUT2D eigenvalue weighted by atomic mass is 9.93. The van der Waals surface area contributed by atoms with E-state index in [0.717, 1.165) is 31.7 Å². The smallest absolute Gasteiger partial charge is 0.244 e.